The molecule has 4 nitrogen and oxygen atoms in total. The van der Waals surface area contributed by atoms with Gasteiger partial charge in [0.2, 0.25) is 5.91 Å². The molecule has 0 saturated carbocycles. The second kappa shape index (κ2) is 6.57. The minimum Gasteiger partial charge on any atom is -0.493 e. The van der Waals surface area contributed by atoms with Crippen LogP contribution in [0, 0.1) is 0 Å². The zero-order valence-electron chi connectivity index (χ0n) is 12.0. The number of fused-ring (bicyclic) bond motifs is 1. The van der Waals surface area contributed by atoms with Gasteiger partial charge < -0.3 is 14.7 Å². The molecule has 0 unspecified atom stereocenters. The van der Waals surface area contributed by atoms with Crippen LogP contribution in [0.3, 0.4) is 0 Å². The van der Waals surface area contributed by atoms with Crippen LogP contribution >= 0.6 is 0 Å². The summed E-state index contributed by atoms with van der Waals surface area (Å²) >= 11 is 0. The van der Waals surface area contributed by atoms with Crippen molar-refractivity contribution in [2.24, 2.45) is 0 Å². The van der Waals surface area contributed by atoms with Gasteiger partial charge in [-0.25, -0.2) is 0 Å². The molecule has 1 heterocycles. The molecule has 1 amide bonds. The summed E-state index contributed by atoms with van der Waals surface area (Å²) in [5, 5.41) is 8.99. The smallest absolute Gasteiger partial charge is 0.246 e. The summed E-state index contributed by atoms with van der Waals surface area (Å²) in [5.74, 6) is 0.864. The van der Waals surface area contributed by atoms with Crippen molar-refractivity contribution in [3.63, 3.8) is 0 Å². The Kier molecular flexibility index (Phi) is 4.79. The second-order valence-electron chi connectivity index (χ2n) is 5.15. The van der Waals surface area contributed by atoms with E-state index in [2.05, 4.69) is 6.07 Å². The number of benzene rings is 1. The van der Waals surface area contributed by atoms with Crippen LogP contribution in [0.1, 0.15) is 25.0 Å². The molecule has 0 bridgehead atoms. The normalized spacial score (nSPS) is 13.6. The maximum Gasteiger partial charge on any atom is 0.246 e. The lowest BCUT2D eigenvalue weighted by Crippen LogP contribution is -2.37. The highest BCUT2D eigenvalue weighted by Gasteiger charge is 2.14. The van der Waals surface area contributed by atoms with Crippen LogP contribution in [-0.2, 0) is 11.2 Å². The SMILES string of the molecule is CC(C)N(CCO)C(=O)/C=C/c1ccc2c(c1)CCO2. The molecule has 0 radical (unpaired) electrons. The molecule has 4 heteroatoms. The summed E-state index contributed by atoms with van der Waals surface area (Å²) in [7, 11) is 0. The monoisotopic (exact) mass is 275 g/mol. The van der Waals surface area contributed by atoms with Gasteiger partial charge in [-0.15, -0.1) is 0 Å². The molecule has 0 saturated heterocycles. The number of nitrogens with zero attached hydrogens (tertiary/aromatic N) is 1. The van der Waals surface area contributed by atoms with Crippen LogP contribution in [0.15, 0.2) is 24.3 Å². The summed E-state index contributed by atoms with van der Waals surface area (Å²) in [6, 6.07) is 6.02. The topological polar surface area (TPSA) is 49.8 Å². The lowest BCUT2D eigenvalue weighted by molar-refractivity contribution is -0.128. The van der Waals surface area contributed by atoms with Gasteiger partial charge in [0.05, 0.1) is 13.2 Å². The molecule has 1 aromatic carbocycles. The van der Waals surface area contributed by atoms with E-state index >= 15 is 0 Å². The number of amides is 1. The highest BCUT2D eigenvalue weighted by Crippen LogP contribution is 2.26. The molecular weight excluding hydrogens is 254 g/mol. The summed E-state index contributed by atoms with van der Waals surface area (Å²) in [4.78, 5) is 13.7. The second-order valence-corrected chi connectivity index (χ2v) is 5.15. The Labute approximate surface area is 119 Å². The van der Waals surface area contributed by atoms with Crippen LogP contribution in [-0.4, -0.2) is 41.7 Å². The zero-order chi connectivity index (χ0) is 14.5. The maximum atomic E-state index is 12.1. The molecule has 2 rings (SSSR count). The largest absolute Gasteiger partial charge is 0.493 e. The molecule has 1 N–H and O–H groups in total. The molecule has 1 aliphatic heterocycles. The molecule has 0 fully saturated rings. The fourth-order valence-corrected chi connectivity index (χ4v) is 2.30. The number of carbonyl (C=O) groups is 1. The minimum atomic E-state index is -0.0780. The third kappa shape index (κ3) is 3.39. The Bertz CT molecular complexity index is 508. The van der Waals surface area contributed by atoms with Gasteiger partial charge in [0.1, 0.15) is 5.75 Å². The van der Waals surface area contributed by atoms with Crippen molar-refractivity contribution in [1.82, 2.24) is 4.90 Å². The average Bonchev–Trinajstić information content (AvgIpc) is 2.89. The molecule has 20 heavy (non-hydrogen) atoms. The first kappa shape index (κ1) is 14.6. The third-order valence-electron chi connectivity index (χ3n) is 3.38. The van der Waals surface area contributed by atoms with E-state index in [9.17, 15) is 4.79 Å². The standard InChI is InChI=1S/C16H21NO3/c1-12(2)17(8-9-18)16(19)6-4-13-3-5-15-14(11-13)7-10-20-15/h3-6,11-12,18H,7-10H2,1-2H3/b6-4+. The van der Waals surface area contributed by atoms with Crippen molar-refractivity contribution >= 4 is 12.0 Å². The van der Waals surface area contributed by atoms with Gasteiger partial charge in [-0.2, -0.15) is 0 Å². The van der Waals surface area contributed by atoms with Crippen molar-refractivity contribution in [2.45, 2.75) is 26.3 Å². The van der Waals surface area contributed by atoms with E-state index in [-0.39, 0.29) is 18.6 Å². The van der Waals surface area contributed by atoms with Gasteiger partial charge in [0, 0.05) is 25.1 Å². The average molecular weight is 275 g/mol. The zero-order valence-corrected chi connectivity index (χ0v) is 12.0. The van der Waals surface area contributed by atoms with Crippen molar-refractivity contribution < 1.29 is 14.6 Å². The van der Waals surface area contributed by atoms with Gasteiger partial charge in [-0.3, -0.25) is 4.79 Å². The Balaban J connectivity index is 2.06. The Morgan fingerprint density at radius 3 is 3.00 bits per heavy atom. The summed E-state index contributed by atoms with van der Waals surface area (Å²) in [6.07, 6.45) is 4.30. The number of aliphatic hydroxyl groups excluding tert-OH is 1. The van der Waals surface area contributed by atoms with Crippen LogP contribution in [0.4, 0.5) is 0 Å². The molecule has 1 aliphatic rings. The number of hydrogen-bond donors (Lipinski definition) is 1. The Hall–Kier alpha value is -1.81. The van der Waals surface area contributed by atoms with Crippen LogP contribution in [0.5, 0.6) is 5.75 Å². The third-order valence-corrected chi connectivity index (χ3v) is 3.38. The molecule has 108 valence electrons. The summed E-state index contributed by atoms with van der Waals surface area (Å²) < 4.78 is 5.45. The molecule has 0 atom stereocenters. The van der Waals surface area contributed by atoms with Crippen molar-refractivity contribution in [3.05, 3.63) is 35.4 Å². The van der Waals surface area contributed by atoms with E-state index in [4.69, 9.17) is 9.84 Å². The molecular formula is C16H21NO3. The first-order valence-electron chi connectivity index (χ1n) is 6.97. The van der Waals surface area contributed by atoms with Crippen molar-refractivity contribution in [2.75, 3.05) is 19.8 Å². The van der Waals surface area contributed by atoms with E-state index < -0.39 is 0 Å². The van der Waals surface area contributed by atoms with E-state index in [0.717, 1.165) is 24.3 Å². The molecule has 0 spiro atoms. The number of rotatable bonds is 5. The molecule has 0 aromatic heterocycles. The first-order chi connectivity index (χ1) is 9.61. The first-order valence-corrected chi connectivity index (χ1v) is 6.97. The van der Waals surface area contributed by atoms with E-state index in [1.807, 2.05) is 32.1 Å². The highest BCUT2D eigenvalue weighted by molar-refractivity contribution is 5.92. The number of carbonyl (C=O) groups excluding carboxylic acids is 1. The fourth-order valence-electron chi connectivity index (χ4n) is 2.30. The van der Waals surface area contributed by atoms with Crippen molar-refractivity contribution in [3.8, 4) is 5.75 Å². The van der Waals surface area contributed by atoms with Gasteiger partial charge in [0.15, 0.2) is 0 Å². The Morgan fingerprint density at radius 2 is 2.30 bits per heavy atom. The highest BCUT2D eigenvalue weighted by atomic mass is 16.5. The van der Waals surface area contributed by atoms with Gasteiger partial charge >= 0.3 is 0 Å². The molecule has 1 aromatic rings. The van der Waals surface area contributed by atoms with Crippen molar-refractivity contribution in [1.29, 1.82) is 0 Å². The summed E-state index contributed by atoms with van der Waals surface area (Å²) in [6.45, 7) is 4.95. The fraction of sp³-hybridized carbons (Fsp3) is 0.438. The predicted octanol–water partition coefficient (Wildman–Crippen LogP) is 1.86. The Morgan fingerprint density at radius 1 is 1.50 bits per heavy atom. The van der Waals surface area contributed by atoms with E-state index in [0.29, 0.717) is 6.54 Å². The number of ether oxygens (including phenoxy) is 1. The quantitative estimate of drug-likeness (QED) is 0.835. The lowest BCUT2D eigenvalue weighted by Gasteiger charge is -2.24. The van der Waals surface area contributed by atoms with Crippen LogP contribution < -0.4 is 4.74 Å². The summed E-state index contributed by atoms with van der Waals surface area (Å²) in [5.41, 5.74) is 2.19. The van der Waals surface area contributed by atoms with Gasteiger partial charge in [-0.05, 0) is 43.2 Å². The lowest BCUT2D eigenvalue weighted by atomic mass is 10.1. The number of hydrogen-bond acceptors (Lipinski definition) is 3. The van der Waals surface area contributed by atoms with Gasteiger partial charge in [0.25, 0.3) is 0 Å². The predicted molar refractivity (Wildman–Crippen MR) is 78.6 cm³/mol. The number of aliphatic hydroxyl groups is 1. The van der Waals surface area contributed by atoms with E-state index in [1.165, 1.54) is 5.56 Å². The van der Waals surface area contributed by atoms with Gasteiger partial charge in [-0.1, -0.05) is 6.07 Å². The van der Waals surface area contributed by atoms with Crippen LogP contribution in [0.25, 0.3) is 6.08 Å². The van der Waals surface area contributed by atoms with Crippen LogP contribution in [0.2, 0.25) is 0 Å². The minimum absolute atomic E-state index is 0.0199. The molecule has 0 aliphatic carbocycles. The maximum absolute atomic E-state index is 12.1. The van der Waals surface area contributed by atoms with E-state index in [1.54, 1.807) is 11.0 Å².